The van der Waals surface area contributed by atoms with E-state index in [0.29, 0.717) is 53.7 Å². The van der Waals surface area contributed by atoms with Gasteiger partial charge in [-0.25, -0.2) is 33.6 Å². The molecule has 41 heteroatoms. The van der Waals surface area contributed by atoms with Gasteiger partial charge in [0.2, 0.25) is 5.91 Å². The molecule has 6 aromatic carbocycles. The van der Waals surface area contributed by atoms with Crippen molar-refractivity contribution in [2.24, 2.45) is 29.6 Å². The highest BCUT2D eigenvalue weighted by atomic mass is 35.5. The van der Waals surface area contributed by atoms with Crippen LogP contribution in [0.15, 0.2) is 170 Å². The molecule has 10 aromatic rings. The number of fused-ring (bicyclic) bond motifs is 2. The molecule has 4 aromatic heterocycles. The zero-order valence-electron chi connectivity index (χ0n) is 80.8. The molecule has 0 spiro atoms. The standard InChI is InChI=1S/C11H12Cl2O3.C11H12Cl2O2.C11H14O3.C11H14O2.C10H11N3O3.C10H11N3O2.C8H11NO5.C8H11NO4.C8H11NO2.C8H11NO/c1-6(2)15-11(14)16-10-8(12)4-7(3)5-9(10)13;1-6(2)11(14)15-10-8(12)4-7(3)5-9(10)13;1-8(2)13-11(12)14-10-6-4-9(3)5-7-10;1-8(2)11(12)13-10-6-4-9(3)5-7-10;1-7(2)15-10(14)16-13-9-6-4-3-5-8(9)11-12-13;1-7(2)10(14)15-13-9-6-4-3-5-8(9)11-12-13;1-5(2)13-8(12)14-9-6(10)3-4-7(9)11;1-5(2)8(12)13-9-6(10)3-4-7(9)11;1-7(2)11-8(10)9-5-3-4-6-9;1-7(2)8(10)9-5-3-4-6-9/h4-6H,1-3H3;4-6H,1-3H3;4-8H,1-3H3;4-8H,1-3H3;3-7H,1-2H3;3-7H,1-2H3;5H,3-4H2,1-2H3;5H,3-4H2,1-2H3;3-7H,1-2H3;3-7H,1-2H3. The fourth-order valence-corrected chi connectivity index (χ4v) is 10.8. The number of benzene rings is 6. The van der Waals surface area contributed by atoms with E-state index in [9.17, 15) is 67.1 Å². The summed E-state index contributed by atoms with van der Waals surface area (Å²) < 4.78 is 47.0. The van der Waals surface area contributed by atoms with Crippen LogP contribution in [-0.4, -0.2) is 164 Å². The first-order valence-electron chi connectivity index (χ1n) is 43.1. The van der Waals surface area contributed by atoms with Gasteiger partial charge in [0.15, 0.2) is 11.5 Å². The number of imide groups is 2. The van der Waals surface area contributed by atoms with E-state index >= 15 is 0 Å². The molecule has 0 bridgehead atoms. The van der Waals surface area contributed by atoms with E-state index in [2.05, 4.69) is 35.0 Å². The number of rotatable bonds is 18. The summed E-state index contributed by atoms with van der Waals surface area (Å²) in [4.78, 5) is 177. The predicted octanol–water partition coefficient (Wildman–Crippen LogP) is 20.5. The monoisotopic (exact) mass is 1980 g/mol. The zero-order chi connectivity index (χ0) is 103. The van der Waals surface area contributed by atoms with Crippen molar-refractivity contribution in [1.29, 1.82) is 0 Å². The van der Waals surface area contributed by atoms with Gasteiger partial charge in [0.05, 0.1) is 74.3 Å². The Kier molecular flexibility index (Phi) is 51.3. The number of halogens is 4. The van der Waals surface area contributed by atoms with E-state index in [0.717, 1.165) is 31.9 Å². The molecule has 0 radical (unpaired) electrons. The molecule has 0 N–H and O–H groups in total. The summed E-state index contributed by atoms with van der Waals surface area (Å²) in [7, 11) is 0. The van der Waals surface area contributed by atoms with E-state index in [1.54, 1.807) is 211 Å². The highest BCUT2D eigenvalue weighted by Crippen LogP contribution is 2.36. The number of hydrogen-bond acceptors (Lipinski definition) is 31. The van der Waals surface area contributed by atoms with Crippen molar-refractivity contribution in [2.75, 3.05) is 0 Å². The van der Waals surface area contributed by atoms with Crippen LogP contribution in [0.5, 0.6) is 23.0 Å². The van der Waals surface area contributed by atoms with E-state index in [1.165, 1.54) is 4.57 Å². The van der Waals surface area contributed by atoms with Crippen LogP contribution in [-0.2, 0) is 71.7 Å². The van der Waals surface area contributed by atoms with Gasteiger partial charge in [-0.1, -0.05) is 190 Å². The number of hydrogen-bond donors (Lipinski definition) is 0. The maximum absolute atomic E-state index is 11.4. The van der Waals surface area contributed by atoms with Gasteiger partial charge in [0, 0.05) is 56.4 Å². The minimum atomic E-state index is -1.04. The van der Waals surface area contributed by atoms with Gasteiger partial charge in [-0.05, 0) is 216 Å². The number of carbonyl (C=O) groups is 14. The summed E-state index contributed by atoms with van der Waals surface area (Å²) >= 11 is 23.6. The van der Waals surface area contributed by atoms with Crippen LogP contribution >= 0.6 is 46.4 Å². The Bertz CT molecular complexity index is 5520. The topological polar surface area (TPSA) is 437 Å². The number of hydroxylamine groups is 4. The van der Waals surface area contributed by atoms with Crippen LogP contribution in [0.4, 0.5) is 24.0 Å². The average Bonchev–Trinajstić information content (AvgIpc) is 1.75. The van der Waals surface area contributed by atoms with Crippen molar-refractivity contribution in [3.05, 3.63) is 213 Å². The smallest absolute Gasteiger partial charge is 0.446 e. The molecule has 2 aliphatic heterocycles. The highest BCUT2D eigenvalue weighted by Gasteiger charge is 2.35. The molecule has 12 rings (SSSR count). The number of esters is 2. The second kappa shape index (κ2) is 59.9. The maximum atomic E-state index is 11.4. The Balaban J connectivity index is 0.000000393. The maximum Gasteiger partial charge on any atom is 0.535 e. The van der Waals surface area contributed by atoms with E-state index in [4.69, 9.17) is 94.0 Å². The molecule has 2 saturated heterocycles. The summed E-state index contributed by atoms with van der Waals surface area (Å²) in [6.07, 6.45) is 2.55. The van der Waals surface area contributed by atoms with Crippen LogP contribution in [0.1, 0.15) is 191 Å². The fourth-order valence-electron chi connectivity index (χ4n) is 9.45. The number of carbonyl (C=O) groups excluding carboxylic acids is 14. The van der Waals surface area contributed by atoms with Crippen LogP contribution < -0.4 is 28.6 Å². The van der Waals surface area contributed by atoms with Gasteiger partial charge in [-0.2, -0.15) is 0 Å². The zero-order valence-corrected chi connectivity index (χ0v) is 83.8. The molecule has 4 amide bonds. The van der Waals surface area contributed by atoms with E-state index < -0.39 is 54.2 Å². The number of nitrogens with zero attached hydrogens (tertiary/aromatic N) is 10. The van der Waals surface area contributed by atoms with Gasteiger partial charge in [-0.15, -0.1) is 15.3 Å². The van der Waals surface area contributed by atoms with Crippen molar-refractivity contribution in [2.45, 2.75) is 222 Å². The second-order valence-electron chi connectivity index (χ2n) is 32.2. The Hall–Kier alpha value is -13.8. The lowest BCUT2D eigenvalue weighted by Crippen LogP contribution is -2.33. The number of para-hydroxylation sites is 2. The summed E-state index contributed by atoms with van der Waals surface area (Å²) in [5, 5.41) is 17.4. The van der Waals surface area contributed by atoms with E-state index in [-0.39, 0.29) is 137 Å². The third-order valence-electron chi connectivity index (χ3n) is 16.2. The molecule has 2 aliphatic rings. The molecule has 137 heavy (non-hydrogen) atoms. The number of aromatic nitrogens is 8. The minimum absolute atomic E-state index is 0.0649. The molecule has 0 saturated carbocycles. The molecule has 0 aliphatic carbocycles. The number of aryl methyl sites for hydroxylation is 4. The third kappa shape index (κ3) is 45.0. The molecule has 37 nitrogen and oxygen atoms in total. The highest BCUT2D eigenvalue weighted by molar-refractivity contribution is 6.38. The van der Waals surface area contributed by atoms with Crippen LogP contribution in [0.25, 0.3) is 22.1 Å². The molecule has 0 unspecified atom stereocenters. The number of amides is 4. The van der Waals surface area contributed by atoms with Gasteiger partial charge in [0.1, 0.15) is 33.6 Å². The lowest BCUT2D eigenvalue weighted by Gasteiger charge is -2.13. The van der Waals surface area contributed by atoms with Gasteiger partial charge in [-0.3, -0.25) is 52.4 Å². The van der Waals surface area contributed by atoms with Crippen LogP contribution in [0, 0.1) is 57.3 Å². The van der Waals surface area contributed by atoms with Crippen molar-refractivity contribution >= 4 is 153 Å². The molecule has 742 valence electrons. The quantitative estimate of drug-likeness (QED) is 0.0192. The lowest BCUT2D eigenvalue weighted by molar-refractivity contribution is -0.199. The average molecular weight is 1990 g/mol. The first-order valence-corrected chi connectivity index (χ1v) is 44.6. The minimum Gasteiger partial charge on any atom is -0.446 e. The molecular formula is C96H118Cl4N10O27. The summed E-state index contributed by atoms with van der Waals surface area (Å²) in [6, 6.07) is 43.1. The summed E-state index contributed by atoms with van der Waals surface area (Å²) in [5.74, 6) is -2.48. The molecular weight excluding hydrogens is 1870 g/mol. The second-order valence-corrected chi connectivity index (χ2v) is 33.9. The predicted molar refractivity (Wildman–Crippen MR) is 507 cm³/mol. The van der Waals surface area contributed by atoms with Crippen LogP contribution in [0.3, 0.4) is 0 Å². The molecule has 6 heterocycles. The lowest BCUT2D eigenvalue weighted by atomic mass is 10.2. The first kappa shape index (κ1) is 117. The molecule has 2 fully saturated rings. The SMILES string of the molecule is CC(C)C(=O)ON1C(=O)CCC1=O.CC(C)C(=O)On1nnc2ccccc21.CC(C)C(=O)n1cccc1.CC(C)OC(=O)ON1C(=O)CCC1=O.CC(C)OC(=O)On1nnc2ccccc21.CC(C)OC(=O)n1cccc1.Cc1cc(Cl)c(OC(=O)C(C)C)c(Cl)c1.Cc1cc(Cl)c(OC(=O)OC(C)C)c(Cl)c1.Cc1ccc(OC(=O)C(C)C)cc1.Cc1ccc(OC(=O)OC(C)C)cc1. The Morgan fingerprint density at radius 2 is 0.613 bits per heavy atom. The fraction of sp³-hybridized carbons (Fsp3) is 0.396. The van der Waals surface area contributed by atoms with Gasteiger partial charge >= 0.3 is 54.6 Å². The largest absolute Gasteiger partial charge is 0.535 e. The first-order chi connectivity index (χ1) is 64.3. The van der Waals surface area contributed by atoms with Crippen LogP contribution in [0.2, 0.25) is 20.1 Å². The summed E-state index contributed by atoms with van der Waals surface area (Å²) in [5.41, 5.74) is 6.75. The van der Waals surface area contributed by atoms with E-state index in [1.807, 2.05) is 130 Å². The third-order valence-corrected chi connectivity index (χ3v) is 17.3. The van der Waals surface area contributed by atoms with Crippen molar-refractivity contribution in [3.8, 4) is 23.0 Å². The Morgan fingerprint density at radius 1 is 0.307 bits per heavy atom. The molecule has 0 atom stereocenters. The van der Waals surface area contributed by atoms with Crippen molar-refractivity contribution in [3.63, 3.8) is 0 Å². The van der Waals surface area contributed by atoms with Crippen molar-refractivity contribution < 1.29 is 129 Å². The summed E-state index contributed by atoms with van der Waals surface area (Å²) in [6.45, 7) is 42.8. The Labute approximate surface area is 814 Å². The number of ether oxygens (including phenoxy) is 9. The van der Waals surface area contributed by atoms with Crippen molar-refractivity contribution in [1.82, 2.24) is 49.6 Å². The Morgan fingerprint density at radius 3 is 0.978 bits per heavy atom. The normalized spacial score (nSPS) is 11.6. The van der Waals surface area contributed by atoms with Gasteiger partial charge < -0.3 is 52.3 Å². The van der Waals surface area contributed by atoms with Gasteiger partial charge in [0.25, 0.3) is 23.6 Å².